The van der Waals surface area contributed by atoms with E-state index in [1.165, 1.54) is 27.3 Å². The van der Waals surface area contributed by atoms with Crippen LogP contribution in [0.1, 0.15) is 0 Å². The number of fused-ring (bicyclic) bond motifs is 2. The lowest BCUT2D eigenvalue weighted by molar-refractivity contribution is 1.07. The molecule has 0 spiro atoms. The number of benzene rings is 9. The van der Waals surface area contributed by atoms with Crippen molar-refractivity contribution < 1.29 is 0 Å². The van der Waals surface area contributed by atoms with Gasteiger partial charge in [0.2, 0.25) is 0 Å². The second-order valence-corrected chi connectivity index (χ2v) is 14.0. The van der Waals surface area contributed by atoms with Crippen LogP contribution in [0.4, 0.5) is 0 Å². The lowest BCUT2D eigenvalue weighted by Crippen LogP contribution is -2.01. The van der Waals surface area contributed by atoms with Crippen LogP contribution in [-0.2, 0) is 0 Å². The number of nitrogens with zero attached hydrogens (tertiary/aromatic N) is 3. The highest BCUT2D eigenvalue weighted by Gasteiger charge is 2.18. The molecule has 0 aliphatic heterocycles. The van der Waals surface area contributed by atoms with Crippen molar-refractivity contribution in [1.82, 2.24) is 15.0 Å². The fraction of sp³-hybridized carbons (Fsp3) is 0. The van der Waals surface area contributed by atoms with Gasteiger partial charge in [-0.3, -0.25) is 0 Å². The summed E-state index contributed by atoms with van der Waals surface area (Å²) in [5, 5.41) is 4.73. The Labute approximate surface area is 326 Å². The third-order valence-electron chi connectivity index (χ3n) is 10.5. The molecule has 10 aromatic rings. The van der Waals surface area contributed by atoms with Crippen molar-refractivity contribution in [3.63, 3.8) is 0 Å². The van der Waals surface area contributed by atoms with Gasteiger partial charge in [0.1, 0.15) is 0 Å². The van der Waals surface area contributed by atoms with Crippen molar-refractivity contribution in [3.05, 3.63) is 212 Å². The summed E-state index contributed by atoms with van der Waals surface area (Å²) in [7, 11) is 0. The van der Waals surface area contributed by atoms with E-state index in [4.69, 9.17) is 15.0 Å². The smallest absolute Gasteiger partial charge is 0.164 e. The summed E-state index contributed by atoms with van der Waals surface area (Å²) in [4.78, 5) is 15.8. The minimum absolute atomic E-state index is 0.620. The van der Waals surface area contributed by atoms with Gasteiger partial charge in [-0.2, -0.15) is 0 Å². The molecule has 0 aliphatic rings. The van der Waals surface area contributed by atoms with E-state index in [9.17, 15) is 0 Å². The molecule has 1 aromatic heterocycles. The van der Waals surface area contributed by atoms with Crippen molar-refractivity contribution >= 4 is 21.5 Å². The fourth-order valence-electron chi connectivity index (χ4n) is 7.84. The molecule has 56 heavy (non-hydrogen) atoms. The molecule has 0 amide bonds. The minimum atomic E-state index is 0.620. The minimum Gasteiger partial charge on any atom is -0.208 e. The highest BCUT2D eigenvalue weighted by atomic mass is 15.0. The van der Waals surface area contributed by atoms with Crippen LogP contribution in [0.3, 0.4) is 0 Å². The van der Waals surface area contributed by atoms with Crippen molar-refractivity contribution in [2.45, 2.75) is 0 Å². The van der Waals surface area contributed by atoms with E-state index in [2.05, 4.69) is 206 Å². The number of hydrogen-bond donors (Lipinski definition) is 0. The van der Waals surface area contributed by atoms with Gasteiger partial charge < -0.3 is 0 Å². The normalized spacial score (nSPS) is 11.2. The molecule has 1 heterocycles. The first-order valence-corrected chi connectivity index (χ1v) is 18.9. The topological polar surface area (TPSA) is 38.7 Å². The summed E-state index contributed by atoms with van der Waals surface area (Å²) in [5.74, 6) is 1.87. The Morgan fingerprint density at radius 2 is 0.661 bits per heavy atom. The van der Waals surface area contributed by atoms with E-state index < -0.39 is 0 Å². The maximum Gasteiger partial charge on any atom is 0.164 e. The van der Waals surface area contributed by atoms with Crippen molar-refractivity contribution in [2.75, 3.05) is 0 Å². The zero-order valence-corrected chi connectivity index (χ0v) is 30.5. The van der Waals surface area contributed by atoms with Crippen LogP contribution >= 0.6 is 0 Å². The van der Waals surface area contributed by atoms with E-state index in [0.29, 0.717) is 17.5 Å². The zero-order chi connectivity index (χ0) is 37.3. The molecule has 0 atom stereocenters. The molecule has 0 saturated heterocycles. The van der Waals surface area contributed by atoms with E-state index >= 15 is 0 Å². The fourth-order valence-corrected chi connectivity index (χ4v) is 7.84. The number of rotatable bonds is 7. The predicted octanol–water partition coefficient (Wildman–Crippen LogP) is 13.8. The Kier molecular flexibility index (Phi) is 8.51. The second kappa shape index (κ2) is 14.4. The molecule has 0 N–H and O–H groups in total. The van der Waals surface area contributed by atoms with Gasteiger partial charge in [-0.05, 0) is 84.3 Å². The molecule has 0 aliphatic carbocycles. The van der Waals surface area contributed by atoms with Gasteiger partial charge in [-0.15, -0.1) is 0 Å². The monoisotopic (exact) mass is 713 g/mol. The Balaban J connectivity index is 1.17. The van der Waals surface area contributed by atoms with Gasteiger partial charge in [0, 0.05) is 16.7 Å². The van der Waals surface area contributed by atoms with Crippen LogP contribution in [0.5, 0.6) is 0 Å². The summed E-state index contributed by atoms with van der Waals surface area (Å²) in [6.07, 6.45) is 0. The first kappa shape index (κ1) is 33.1. The van der Waals surface area contributed by atoms with Crippen LogP contribution in [0.25, 0.3) is 100 Å². The van der Waals surface area contributed by atoms with Gasteiger partial charge in [-0.1, -0.05) is 194 Å². The number of aromatic nitrogens is 3. The summed E-state index contributed by atoms with van der Waals surface area (Å²) < 4.78 is 0. The molecule has 9 aromatic carbocycles. The Hall–Kier alpha value is -7.49. The molecule has 3 heteroatoms. The maximum absolute atomic E-state index is 5.27. The predicted molar refractivity (Wildman–Crippen MR) is 233 cm³/mol. The molecule has 0 bridgehead atoms. The third-order valence-corrected chi connectivity index (χ3v) is 10.5. The van der Waals surface area contributed by atoms with Gasteiger partial charge >= 0.3 is 0 Å². The van der Waals surface area contributed by atoms with Crippen LogP contribution in [0.15, 0.2) is 212 Å². The molecule has 0 radical (unpaired) electrons. The average Bonchev–Trinajstić information content (AvgIpc) is 3.29. The molecule has 3 nitrogen and oxygen atoms in total. The number of hydrogen-bond acceptors (Lipinski definition) is 3. The first-order valence-electron chi connectivity index (χ1n) is 18.9. The van der Waals surface area contributed by atoms with Gasteiger partial charge in [0.25, 0.3) is 0 Å². The van der Waals surface area contributed by atoms with E-state index in [0.717, 1.165) is 55.5 Å². The highest BCUT2D eigenvalue weighted by Crippen LogP contribution is 2.39. The van der Waals surface area contributed by atoms with Crippen molar-refractivity contribution in [2.24, 2.45) is 0 Å². The standard InChI is InChI=1S/C53H35N3/c1-4-17-36(18-5-1)43-26-12-15-30-49(43)53-55-51(54-52(56-53)42-34-39-23-10-11-27-44(39)50(35-42)38-21-8-3-9-22-38)41-25-16-24-40(33-41)46-32-31-45(37-19-6-2-7-20-37)47-28-13-14-29-48(46)47/h1-35H. The van der Waals surface area contributed by atoms with E-state index in [-0.39, 0.29) is 0 Å². The molecular weight excluding hydrogens is 679 g/mol. The average molecular weight is 714 g/mol. The Bertz CT molecular complexity index is 3010. The quantitative estimate of drug-likeness (QED) is 0.165. The lowest BCUT2D eigenvalue weighted by atomic mass is 9.91. The highest BCUT2D eigenvalue weighted by molar-refractivity contribution is 6.05. The largest absolute Gasteiger partial charge is 0.208 e. The Morgan fingerprint density at radius 1 is 0.214 bits per heavy atom. The summed E-state index contributed by atoms with van der Waals surface area (Å²) in [6.45, 7) is 0. The summed E-state index contributed by atoms with van der Waals surface area (Å²) >= 11 is 0. The van der Waals surface area contributed by atoms with Gasteiger partial charge in [-0.25, -0.2) is 15.0 Å². The molecular formula is C53H35N3. The molecule has 10 rings (SSSR count). The third kappa shape index (κ3) is 6.21. The molecule has 0 fully saturated rings. The molecule has 0 saturated carbocycles. The lowest BCUT2D eigenvalue weighted by Gasteiger charge is -2.15. The molecule has 262 valence electrons. The van der Waals surface area contributed by atoms with Crippen molar-refractivity contribution in [1.29, 1.82) is 0 Å². The molecule has 0 unspecified atom stereocenters. The van der Waals surface area contributed by atoms with Crippen LogP contribution in [-0.4, -0.2) is 15.0 Å². The zero-order valence-electron chi connectivity index (χ0n) is 30.5. The SMILES string of the molecule is c1ccc(-c2ccccc2-c2nc(-c3cccc(-c4ccc(-c5ccccc5)c5ccccc45)c3)nc(-c3cc(-c4ccccc4)c4ccccc4c3)n2)cc1. The second-order valence-electron chi connectivity index (χ2n) is 14.0. The van der Waals surface area contributed by atoms with Crippen molar-refractivity contribution in [3.8, 4) is 78.7 Å². The van der Waals surface area contributed by atoms with Crippen LogP contribution in [0, 0.1) is 0 Å². The maximum atomic E-state index is 5.27. The summed E-state index contributed by atoms with van der Waals surface area (Å²) in [5.41, 5.74) is 11.9. The van der Waals surface area contributed by atoms with E-state index in [1.807, 2.05) is 6.07 Å². The van der Waals surface area contributed by atoms with Crippen LogP contribution in [0.2, 0.25) is 0 Å². The van der Waals surface area contributed by atoms with Gasteiger partial charge in [0.05, 0.1) is 0 Å². The Morgan fingerprint density at radius 3 is 1.32 bits per heavy atom. The first-order chi connectivity index (χ1) is 27.8. The van der Waals surface area contributed by atoms with Crippen LogP contribution < -0.4 is 0 Å². The van der Waals surface area contributed by atoms with Gasteiger partial charge in [0.15, 0.2) is 17.5 Å². The summed E-state index contributed by atoms with van der Waals surface area (Å²) in [6, 6.07) is 74.7. The van der Waals surface area contributed by atoms with E-state index in [1.54, 1.807) is 0 Å².